The van der Waals surface area contributed by atoms with E-state index in [1.807, 2.05) is 29.6 Å². The highest BCUT2D eigenvalue weighted by Crippen LogP contribution is 2.11. The van der Waals surface area contributed by atoms with Gasteiger partial charge in [-0.3, -0.25) is 0 Å². The van der Waals surface area contributed by atoms with E-state index in [0.29, 0.717) is 13.1 Å². The fourth-order valence-corrected chi connectivity index (χ4v) is 2.63. The zero-order chi connectivity index (χ0) is 14.9. The van der Waals surface area contributed by atoms with Crippen LogP contribution in [0.15, 0.2) is 41.1 Å². The monoisotopic (exact) mass is 304 g/mol. The Bertz CT molecular complexity index is 538. The van der Waals surface area contributed by atoms with Gasteiger partial charge in [0.05, 0.1) is 7.11 Å². The summed E-state index contributed by atoms with van der Waals surface area (Å²) in [5.74, 6) is 0.845. The summed E-state index contributed by atoms with van der Waals surface area (Å²) in [5, 5.41) is 9.87. The van der Waals surface area contributed by atoms with Crippen molar-refractivity contribution >= 4 is 17.4 Å². The largest absolute Gasteiger partial charge is 0.497 e. The van der Waals surface area contributed by atoms with Crippen molar-refractivity contribution in [1.82, 2.24) is 10.6 Å². The van der Waals surface area contributed by atoms with Crippen molar-refractivity contribution in [3.8, 4) is 5.75 Å². The van der Waals surface area contributed by atoms with Crippen molar-refractivity contribution in [3.63, 3.8) is 0 Å². The van der Waals surface area contributed by atoms with E-state index in [0.717, 1.165) is 18.6 Å². The molecule has 1 aromatic carbocycles. The molecule has 0 aliphatic heterocycles. The predicted octanol–water partition coefficient (Wildman–Crippen LogP) is 2.84. The number of thiophene rings is 1. The molecule has 0 fully saturated rings. The van der Waals surface area contributed by atoms with Crippen LogP contribution in [0.3, 0.4) is 0 Å². The molecule has 4 nitrogen and oxygen atoms in total. The molecule has 0 aliphatic rings. The van der Waals surface area contributed by atoms with Gasteiger partial charge in [-0.15, -0.1) is 0 Å². The standard InChI is InChI=1S/C16H20N2O2S/c1-20-15-4-2-13(3-5-15)6-9-17-16(19)18-10-7-14-8-11-21-12-14/h2-5,8,11-12H,6-7,9-10H2,1H3,(H2,17,18,19). The first kappa shape index (κ1) is 15.4. The Balaban J connectivity index is 1.60. The van der Waals surface area contributed by atoms with Crippen molar-refractivity contribution in [2.45, 2.75) is 12.8 Å². The normalized spacial score (nSPS) is 10.1. The first-order valence-corrected chi connectivity index (χ1v) is 7.88. The van der Waals surface area contributed by atoms with E-state index in [1.54, 1.807) is 18.4 Å². The topological polar surface area (TPSA) is 50.4 Å². The van der Waals surface area contributed by atoms with E-state index in [9.17, 15) is 4.79 Å². The molecule has 0 spiro atoms. The number of ether oxygens (including phenoxy) is 1. The molecule has 5 heteroatoms. The van der Waals surface area contributed by atoms with Gasteiger partial charge in [0.15, 0.2) is 0 Å². The number of nitrogens with one attached hydrogen (secondary N) is 2. The molecule has 0 saturated heterocycles. The fourth-order valence-electron chi connectivity index (χ4n) is 1.93. The Morgan fingerprint density at radius 2 is 1.71 bits per heavy atom. The molecular weight excluding hydrogens is 284 g/mol. The number of rotatable bonds is 7. The van der Waals surface area contributed by atoms with Crippen molar-refractivity contribution in [1.29, 1.82) is 0 Å². The molecular formula is C16H20N2O2S. The number of methoxy groups -OCH3 is 1. The van der Waals surface area contributed by atoms with Crippen LogP contribution in [0.1, 0.15) is 11.1 Å². The van der Waals surface area contributed by atoms with Gasteiger partial charge in [-0.2, -0.15) is 11.3 Å². The highest BCUT2D eigenvalue weighted by molar-refractivity contribution is 7.07. The van der Waals surface area contributed by atoms with Crippen LogP contribution < -0.4 is 15.4 Å². The van der Waals surface area contributed by atoms with E-state index in [4.69, 9.17) is 4.74 Å². The Morgan fingerprint density at radius 1 is 1.05 bits per heavy atom. The van der Waals surface area contributed by atoms with Crippen LogP contribution in [0, 0.1) is 0 Å². The molecule has 112 valence electrons. The Morgan fingerprint density at radius 3 is 2.29 bits per heavy atom. The molecule has 2 aromatic rings. The van der Waals surface area contributed by atoms with Gasteiger partial charge in [0, 0.05) is 13.1 Å². The van der Waals surface area contributed by atoms with Crippen molar-refractivity contribution in [2.75, 3.05) is 20.2 Å². The van der Waals surface area contributed by atoms with Gasteiger partial charge in [0.25, 0.3) is 0 Å². The number of urea groups is 1. The SMILES string of the molecule is COc1ccc(CCNC(=O)NCCc2ccsc2)cc1. The predicted molar refractivity (Wildman–Crippen MR) is 86.1 cm³/mol. The van der Waals surface area contributed by atoms with Crippen molar-refractivity contribution in [2.24, 2.45) is 0 Å². The zero-order valence-corrected chi connectivity index (χ0v) is 12.9. The second-order valence-corrected chi connectivity index (χ2v) is 5.44. The average molecular weight is 304 g/mol. The number of carbonyl (C=O) groups is 1. The van der Waals surface area contributed by atoms with Crippen molar-refractivity contribution in [3.05, 3.63) is 52.2 Å². The average Bonchev–Trinajstić information content (AvgIpc) is 3.01. The molecule has 1 aromatic heterocycles. The lowest BCUT2D eigenvalue weighted by molar-refractivity contribution is 0.241. The molecule has 0 unspecified atom stereocenters. The number of amides is 2. The van der Waals surface area contributed by atoms with Crippen LogP contribution in [0.5, 0.6) is 5.75 Å². The van der Waals surface area contributed by atoms with Gasteiger partial charge >= 0.3 is 6.03 Å². The third-order valence-electron chi connectivity index (χ3n) is 3.14. The maximum Gasteiger partial charge on any atom is 0.314 e. The number of hydrogen-bond acceptors (Lipinski definition) is 3. The first-order valence-electron chi connectivity index (χ1n) is 6.93. The number of carbonyl (C=O) groups excluding carboxylic acids is 1. The lowest BCUT2D eigenvalue weighted by atomic mass is 10.1. The summed E-state index contributed by atoms with van der Waals surface area (Å²) in [5.41, 5.74) is 2.44. The van der Waals surface area contributed by atoms with E-state index in [-0.39, 0.29) is 6.03 Å². The summed E-state index contributed by atoms with van der Waals surface area (Å²) in [4.78, 5) is 11.6. The van der Waals surface area contributed by atoms with Crippen LogP contribution in [0.25, 0.3) is 0 Å². The minimum atomic E-state index is -0.112. The van der Waals surface area contributed by atoms with Gasteiger partial charge in [-0.1, -0.05) is 12.1 Å². The molecule has 0 saturated carbocycles. The van der Waals surface area contributed by atoms with Crippen LogP contribution in [-0.4, -0.2) is 26.2 Å². The summed E-state index contributed by atoms with van der Waals surface area (Å²) in [6, 6.07) is 9.84. The third kappa shape index (κ3) is 5.47. The Labute approximate surface area is 129 Å². The smallest absolute Gasteiger partial charge is 0.314 e. The van der Waals surface area contributed by atoms with Gasteiger partial charge < -0.3 is 15.4 Å². The molecule has 2 rings (SSSR count). The summed E-state index contributed by atoms with van der Waals surface area (Å²) >= 11 is 1.68. The Hall–Kier alpha value is -2.01. The maximum absolute atomic E-state index is 11.6. The molecule has 0 atom stereocenters. The minimum Gasteiger partial charge on any atom is -0.497 e. The lowest BCUT2D eigenvalue weighted by Crippen LogP contribution is -2.37. The fraction of sp³-hybridized carbons (Fsp3) is 0.312. The molecule has 0 bridgehead atoms. The minimum absolute atomic E-state index is 0.112. The highest BCUT2D eigenvalue weighted by atomic mass is 32.1. The second-order valence-electron chi connectivity index (χ2n) is 4.66. The summed E-state index contributed by atoms with van der Waals surface area (Å²) in [6.45, 7) is 1.28. The van der Waals surface area contributed by atoms with Crippen LogP contribution in [0.2, 0.25) is 0 Å². The van der Waals surface area contributed by atoms with Gasteiger partial charge in [0.1, 0.15) is 5.75 Å². The molecule has 21 heavy (non-hydrogen) atoms. The summed E-state index contributed by atoms with van der Waals surface area (Å²) < 4.78 is 5.11. The lowest BCUT2D eigenvalue weighted by Gasteiger charge is -2.07. The molecule has 2 N–H and O–H groups in total. The van der Waals surface area contributed by atoms with Crippen LogP contribution in [-0.2, 0) is 12.8 Å². The van der Waals surface area contributed by atoms with Crippen LogP contribution >= 0.6 is 11.3 Å². The second kappa shape index (κ2) is 8.32. The Kier molecular flexibility index (Phi) is 6.09. The number of benzene rings is 1. The van der Waals surface area contributed by atoms with Gasteiger partial charge in [-0.25, -0.2) is 4.79 Å². The molecule has 0 aliphatic carbocycles. The van der Waals surface area contributed by atoms with E-state index < -0.39 is 0 Å². The van der Waals surface area contributed by atoms with E-state index in [1.165, 1.54) is 11.1 Å². The van der Waals surface area contributed by atoms with Gasteiger partial charge in [-0.05, 0) is 52.9 Å². The molecule has 2 amide bonds. The maximum atomic E-state index is 11.6. The van der Waals surface area contributed by atoms with E-state index >= 15 is 0 Å². The zero-order valence-electron chi connectivity index (χ0n) is 12.1. The van der Waals surface area contributed by atoms with E-state index in [2.05, 4.69) is 22.1 Å². The first-order chi connectivity index (χ1) is 10.3. The highest BCUT2D eigenvalue weighted by Gasteiger charge is 2.00. The molecule has 1 heterocycles. The number of hydrogen-bond donors (Lipinski definition) is 2. The quantitative estimate of drug-likeness (QED) is 0.826. The molecule has 0 radical (unpaired) electrons. The van der Waals surface area contributed by atoms with Gasteiger partial charge in [0.2, 0.25) is 0 Å². The van der Waals surface area contributed by atoms with Crippen LogP contribution in [0.4, 0.5) is 4.79 Å². The van der Waals surface area contributed by atoms with Crippen molar-refractivity contribution < 1.29 is 9.53 Å². The third-order valence-corrected chi connectivity index (χ3v) is 3.87. The summed E-state index contributed by atoms with van der Waals surface area (Å²) in [7, 11) is 1.65. The summed E-state index contributed by atoms with van der Waals surface area (Å²) in [6.07, 6.45) is 1.68.